The summed E-state index contributed by atoms with van der Waals surface area (Å²) in [6, 6.07) is 18.1. The summed E-state index contributed by atoms with van der Waals surface area (Å²) < 4.78 is 10.7. The van der Waals surface area contributed by atoms with Crippen LogP contribution in [0.1, 0.15) is 30.4 Å². The molecular weight excluding hydrogens is 300 g/mol. The fraction of sp³-hybridized carbons (Fsp3) is 0.190. The van der Waals surface area contributed by atoms with Gasteiger partial charge in [0, 0.05) is 18.4 Å². The molecule has 2 aromatic carbocycles. The lowest BCUT2D eigenvalue weighted by atomic mass is 9.91. The fourth-order valence-corrected chi connectivity index (χ4v) is 2.95. The second-order valence-corrected chi connectivity index (χ2v) is 5.73. The number of methoxy groups -OCH3 is 1. The first-order valence-electron chi connectivity index (χ1n) is 7.97. The second-order valence-electron chi connectivity index (χ2n) is 5.73. The van der Waals surface area contributed by atoms with Crippen molar-refractivity contribution < 1.29 is 14.3 Å². The Hall–Kier alpha value is -2.81. The van der Waals surface area contributed by atoms with Gasteiger partial charge in [-0.05, 0) is 41.8 Å². The Morgan fingerprint density at radius 1 is 1.08 bits per heavy atom. The van der Waals surface area contributed by atoms with Gasteiger partial charge in [0.05, 0.1) is 7.11 Å². The number of hydrogen-bond donors (Lipinski definition) is 0. The van der Waals surface area contributed by atoms with E-state index in [4.69, 9.17) is 9.47 Å². The molecular formula is C21H20O3. The summed E-state index contributed by atoms with van der Waals surface area (Å²) in [5, 5.41) is 0. The van der Waals surface area contributed by atoms with Gasteiger partial charge in [-0.2, -0.15) is 0 Å². The number of rotatable bonds is 4. The minimum atomic E-state index is -0.296. The van der Waals surface area contributed by atoms with Crippen LogP contribution in [-0.2, 0) is 9.53 Å². The van der Waals surface area contributed by atoms with Gasteiger partial charge in [-0.15, -0.1) is 0 Å². The minimum Gasteiger partial charge on any atom is -0.497 e. The zero-order chi connectivity index (χ0) is 16.9. The van der Waals surface area contributed by atoms with Crippen molar-refractivity contribution in [2.45, 2.75) is 19.3 Å². The van der Waals surface area contributed by atoms with Crippen LogP contribution in [0.5, 0.6) is 5.75 Å². The molecule has 0 fully saturated rings. The molecule has 1 aliphatic rings. The highest BCUT2D eigenvalue weighted by atomic mass is 16.5. The second kappa shape index (κ2) is 7.18. The Morgan fingerprint density at radius 2 is 1.79 bits per heavy atom. The van der Waals surface area contributed by atoms with Gasteiger partial charge in [0.2, 0.25) is 0 Å². The van der Waals surface area contributed by atoms with Gasteiger partial charge in [0.1, 0.15) is 11.5 Å². The van der Waals surface area contributed by atoms with Gasteiger partial charge in [0.15, 0.2) is 0 Å². The van der Waals surface area contributed by atoms with Crippen LogP contribution in [-0.4, -0.2) is 13.1 Å². The van der Waals surface area contributed by atoms with E-state index in [-0.39, 0.29) is 11.9 Å². The molecule has 2 aromatic rings. The van der Waals surface area contributed by atoms with Crippen LogP contribution in [0.4, 0.5) is 0 Å². The average Bonchev–Trinajstić information content (AvgIpc) is 2.98. The van der Waals surface area contributed by atoms with Crippen LogP contribution in [0.25, 0.3) is 6.08 Å². The Bertz CT molecular complexity index is 770. The van der Waals surface area contributed by atoms with Crippen molar-refractivity contribution in [2.24, 2.45) is 0 Å². The fourth-order valence-electron chi connectivity index (χ4n) is 2.95. The molecule has 0 N–H and O–H groups in total. The molecule has 0 saturated heterocycles. The Labute approximate surface area is 142 Å². The number of ether oxygens (including phenoxy) is 2. The normalized spacial score (nSPS) is 18.3. The van der Waals surface area contributed by atoms with Crippen LogP contribution in [0, 0.1) is 0 Å². The van der Waals surface area contributed by atoms with E-state index in [1.165, 1.54) is 12.5 Å². The van der Waals surface area contributed by atoms with Crippen LogP contribution in [0.3, 0.4) is 0 Å². The maximum absolute atomic E-state index is 11.4. The molecule has 0 bridgehead atoms. The predicted molar refractivity (Wildman–Crippen MR) is 94.6 cm³/mol. The maximum Gasteiger partial charge on any atom is 0.308 e. The van der Waals surface area contributed by atoms with Gasteiger partial charge in [-0.3, -0.25) is 4.79 Å². The molecule has 3 heteroatoms. The first-order valence-corrected chi connectivity index (χ1v) is 7.97. The summed E-state index contributed by atoms with van der Waals surface area (Å²) in [5.41, 5.74) is 3.30. The minimum absolute atomic E-state index is 0.172. The van der Waals surface area contributed by atoms with Crippen LogP contribution in [0.15, 0.2) is 72.0 Å². The maximum atomic E-state index is 11.4. The lowest BCUT2D eigenvalue weighted by Gasteiger charge is -2.16. The number of carbonyl (C=O) groups is 1. The Balaban J connectivity index is 1.96. The van der Waals surface area contributed by atoms with Gasteiger partial charge in [-0.1, -0.05) is 42.5 Å². The number of hydrogen-bond acceptors (Lipinski definition) is 3. The van der Waals surface area contributed by atoms with E-state index in [0.717, 1.165) is 23.3 Å². The SMILES string of the molecule is COc1ccc(C2CC=C(OC(C)=O)/C2=C/c2ccccc2)cc1. The summed E-state index contributed by atoms with van der Waals surface area (Å²) in [4.78, 5) is 11.4. The smallest absolute Gasteiger partial charge is 0.308 e. The summed E-state index contributed by atoms with van der Waals surface area (Å²) in [5.74, 6) is 1.37. The van der Waals surface area contributed by atoms with Gasteiger partial charge in [-0.25, -0.2) is 0 Å². The first-order chi connectivity index (χ1) is 11.7. The number of benzene rings is 2. The molecule has 0 aromatic heterocycles. The Morgan fingerprint density at radius 3 is 2.42 bits per heavy atom. The van der Waals surface area contributed by atoms with Crippen LogP contribution >= 0.6 is 0 Å². The van der Waals surface area contributed by atoms with E-state index in [0.29, 0.717) is 5.76 Å². The molecule has 1 atom stereocenters. The molecule has 3 nitrogen and oxygen atoms in total. The number of carbonyl (C=O) groups excluding carboxylic acids is 1. The Kier molecular flexibility index (Phi) is 4.80. The van der Waals surface area contributed by atoms with Crippen molar-refractivity contribution >= 4 is 12.0 Å². The molecule has 24 heavy (non-hydrogen) atoms. The number of allylic oxidation sites excluding steroid dienone is 2. The highest BCUT2D eigenvalue weighted by Gasteiger charge is 2.27. The largest absolute Gasteiger partial charge is 0.497 e. The van der Waals surface area contributed by atoms with Crippen molar-refractivity contribution in [3.8, 4) is 5.75 Å². The molecule has 0 radical (unpaired) electrons. The molecule has 1 aliphatic carbocycles. The standard InChI is InChI=1S/C21H20O3/c1-15(22)24-21-13-12-19(17-8-10-18(23-2)11-9-17)20(21)14-16-6-4-3-5-7-16/h3-11,13-14,19H,12H2,1-2H3/b20-14+. The van der Waals surface area contributed by atoms with Gasteiger partial charge < -0.3 is 9.47 Å². The molecule has 0 aliphatic heterocycles. The third-order valence-electron chi connectivity index (χ3n) is 4.09. The highest BCUT2D eigenvalue weighted by molar-refractivity contribution is 5.71. The van der Waals surface area contributed by atoms with Crippen molar-refractivity contribution in [2.75, 3.05) is 7.11 Å². The summed E-state index contributed by atoms with van der Waals surface area (Å²) in [7, 11) is 1.66. The third kappa shape index (κ3) is 3.57. The van der Waals surface area contributed by atoms with Crippen molar-refractivity contribution in [1.29, 1.82) is 0 Å². The van der Waals surface area contributed by atoms with Crippen LogP contribution in [0.2, 0.25) is 0 Å². The van der Waals surface area contributed by atoms with E-state index < -0.39 is 0 Å². The predicted octanol–water partition coefficient (Wildman–Crippen LogP) is 4.71. The lowest BCUT2D eigenvalue weighted by molar-refractivity contribution is -0.136. The van der Waals surface area contributed by atoms with E-state index in [1.54, 1.807) is 7.11 Å². The molecule has 3 rings (SSSR count). The molecule has 122 valence electrons. The third-order valence-corrected chi connectivity index (χ3v) is 4.09. The zero-order valence-electron chi connectivity index (χ0n) is 13.9. The summed E-state index contributed by atoms with van der Waals surface area (Å²) >= 11 is 0. The van der Waals surface area contributed by atoms with E-state index in [1.807, 2.05) is 48.5 Å². The average molecular weight is 320 g/mol. The van der Waals surface area contributed by atoms with E-state index in [2.05, 4.69) is 18.2 Å². The monoisotopic (exact) mass is 320 g/mol. The van der Waals surface area contributed by atoms with Crippen molar-refractivity contribution in [3.05, 3.63) is 83.1 Å². The molecule has 0 heterocycles. The van der Waals surface area contributed by atoms with Gasteiger partial charge >= 0.3 is 5.97 Å². The summed E-state index contributed by atoms with van der Waals surface area (Å²) in [6.07, 6.45) is 4.90. The number of esters is 1. The molecule has 0 saturated carbocycles. The van der Waals surface area contributed by atoms with E-state index in [9.17, 15) is 4.79 Å². The molecule has 0 spiro atoms. The zero-order valence-corrected chi connectivity index (χ0v) is 13.9. The molecule has 0 amide bonds. The highest BCUT2D eigenvalue weighted by Crippen LogP contribution is 2.41. The summed E-state index contributed by atoms with van der Waals surface area (Å²) in [6.45, 7) is 1.43. The van der Waals surface area contributed by atoms with E-state index >= 15 is 0 Å². The quantitative estimate of drug-likeness (QED) is 0.765. The first kappa shape index (κ1) is 16.1. The van der Waals surface area contributed by atoms with Crippen molar-refractivity contribution in [3.63, 3.8) is 0 Å². The lowest BCUT2D eigenvalue weighted by Crippen LogP contribution is -2.03. The van der Waals surface area contributed by atoms with Crippen LogP contribution < -0.4 is 4.74 Å². The van der Waals surface area contributed by atoms with Crippen molar-refractivity contribution in [1.82, 2.24) is 0 Å². The van der Waals surface area contributed by atoms with Gasteiger partial charge in [0.25, 0.3) is 0 Å². The molecule has 1 unspecified atom stereocenters. The topological polar surface area (TPSA) is 35.5 Å².